The number of furan rings is 1. The Morgan fingerprint density at radius 3 is 2.11 bits per heavy atom. The van der Waals surface area contributed by atoms with Crippen molar-refractivity contribution in [2.75, 3.05) is 31.2 Å². The molecule has 0 spiro atoms. The highest BCUT2D eigenvalue weighted by atomic mass is 16.7. The van der Waals surface area contributed by atoms with Crippen molar-refractivity contribution in [2.45, 2.75) is 40.9 Å². The minimum atomic E-state index is -0.400. The smallest absolute Gasteiger partial charge is 0.217 e. The van der Waals surface area contributed by atoms with Gasteiger partial charge in [0.25, 0.3) is 0 Å². The maximum Gasteiger partial charge on any atom is 0.217 e. The molecule has 0 radical (unpaired) electrons. The van der Waals surface area contributed by atoms with E-state index in [1.807, 2.05) is 26.8 Å². The maximum atomic E-state index is 5.77. The lowest BCUT2D eigenvalue weighted by molar-refractivity contribution is -0.150. The summed E-state index contributed by atoms with van der Waals surface area (Å²) in [5.74, 6) is 1.66. The van der Waals surface area contributed by atoms with Gasteiger partial charge in [-0.2, -0.15) is 0 Å². The van der Waals surface area contributed by atoms with Gasteiger partial charge in [0.1, 0.15) is 5.76 Å². The van der Waals surface area contributed by atoms with Crippen molar-refractivity contribution in [3.8, 4) is 0 Å². The first-order chi connectivity index (χ1) is 8.67. The number of anilines is 1. The summed E-state index contributed by atoms with van der Waals surface area (Å²) in [6, 6.07) is 2.03. The molecule has 1 heterocycles. The van der Waals surface area contributed by atoms with Gasteiger partial charge in [-0.05, 0) is 34.6 Å². The molecule has 18 heavy (non-hydrogen) atoms. The molecular formula is C14H25NO3. The van der Waals surface area contributed by atoms with Gasteiger partial charge in [0.15, 0.2) is 5.76 Å². The van der Waals surface area contributed by atoms with Gasteiger partial charge in [-0.25, -0.2) is 0 Å². The van der Waals surface area contributed by atoms with Crippen molar-refractivity contribution >= 4 is 5.69 Å². The molecule has 0 aromatic carbocycles. The van der Waals surface area contributed by atoms with Gasteiger partial charge in [-0.15, -0.1) is 0 Å². The van der Waals surface area contributed by atoms with E-state index >= 15 is 0 Å². The quantitative estimate of drug-likeness (QED) is 0.666. The van der Waals surface area contributed by atoms with Crippen LogP contribution in [-0.2, 0) is 9.47 Å². The molecule has 0 aliphatic rings. The summed E-state index contributed by atoms with van der Waals surface area (Å²) in [5, 5.41) is 0. The predicted molar refractivity (Wildman–Crippen MR) is 73.0 cm³/mol. The van der Waals surface area contributed by atoms with Gasteiger partial charge in [0, 0.05) is 32.4 Å². The van der Waals surface area contributed by atoms with Crippen LogP contribution in [-0.4, -0.2) is 26.3 Å². The third-order valence-corrected chi connectivity index (χ3v) is 2.88. The lowest BCUT2D eigenvalue weighted by Gasteiger charge is -2.19. The van der Waals surface area contributed by atoms with Gasteiger partial charge in [0.05, 0.1) is 5.69 Å². The fourth-order valence-corrected chi connectivity index (χ4v) is 2.00. The average Bonchev–Trinajstić information content (AvgIpc) is 2.73. The molecule has 0 atom stereocenters. The molecular weight excluding hydrogens is 230 g/mol. The number of nitrogens with zero attached hydrogens (tertiary/aromatic N) is 1. The third-order valence-electron chi connectivity index (χ3n) is 2.88. The molecule has 4 nitrogen and oxygen atoms in total. The molecule has 0 bridgehead atoms. The minimum absolute atomic E-state index is 0.400. The van der Waals surface area contributed by atoms with Crippen LogP contribution in [0.5, 0.6) is 0 Å². The largest absolute Gasteiger partial charge is 0.459 e. The van der Waals surface area contributed by atoms with Crippen LogP contribution >= 0.6 is 0 Å². The van der Waals surface area contributed by atoms with Crippen LogP contribution in [0.2, 0.25) is 0 Å². The Kier molecular flexibility index (Phi) is 6.22. The Bertz CT molecular complexity index is 339. The second-order valence-electron chi connectivity index (χ2n) is 4.01. The van der Waals surface area contributed by atoms with E-state index < -0.39 is 6.29 Å². The topological polar surface area (TPSA) is 34.8 Å². The van der Waals surface area contributed by atoms with Crippen molar-refractivity contribution in [1.29, 1.82) is 0 Å². The monoisotopic (exact) mass is 255 g/mol. The van der Waals surface area contributed by atoms with Gasteiger partial charge in [-0.3, -0.25) is 0 Å². The number of rotatable bonds is 8. The molecule has 1 aromatic heterocycles. The Morgan fingerprint density at radius 2 is 1.67 bits per heavy atom. The number of aryl methyl sites for hydroxylation is 1. The summed E-state index contributed by atoms with van der Waals surface area (Å²) in [4.78, 5) is 2.26. The summed E-state index contributed by atoms with van der Waals surface area (Å²) in [6.45, 7) is 13.3. The van der Waals surface area contributed by atoms with Gasteiger partial charge in [0.2, 0.25) is 6.29 Å². The molecule has 0 fully saturated rings. The normalized spacial score (nSPS) is 11.2. The average molecular weight is 255 g/mol. The standard InChI is InChI=1S/C14H25NO3/c1-6-15(7-2)12-10-13(18-11(12)5)14(16-8-3)17-9-4/h10,14H,6-9H2,1-5H3. The van der Waals surface area contributed by atoms with Gasteiger partial charge < -0.3 is 18.8 Å². The summed E-state index contributed by atoms with van der Waals surface area (Å²) < 4.78 is 16.9. The molecule has 104 valence electrons. The predicted octanol–water partition coefficient (Wildman–Crippen LogP) is 3.51. The van der Waals surface area contributed by atoms with Crippen molar-refractivity contribution in [3.05, 3.63) is 17.6 Å². The third kappa shape index (κ3) is 3.50. The van der Waals surface area contributed by atoms with Crippen LogP contribution in [0, 0.1) is 6.92 Å². The Balaban J connectivity index is 2.92. The second-order valence-corrected chi connectivity index (χ2v) is 4.01. The zero-order chi connectivity index (χ0) is 13.5. The lowest BCUT2D eigenvalue weighted by atomic mass is 10.3. The summed E-state index contributed by atoms with van der Waals surface area (Å²) in [7, 11) is 0. The molecule has 0 saturated heterocycles. The molecule has 0 amide bonds. The molecule has 0 unspecified atom stereocenters. The highest BCUT2D eigenvalue weighted by Crippen LogP contribution is 2.30. The van der Waals surface area contributed by atoms with E-state index in [0.29, 0.717) is 13.2 Å². The van der Waals surface area contributed by atoms with E-state index in [-0.39, 0.29) is 0 Å². The first-order valence-electron chi connectivity index (χ1n) is 6.76. The van der Waals surface area contributed by atoms with Crippen LogP contribution in [0.15, 0.2) is 10.5 Å². The molecule has 0 aliphatic heterocycles. The SMILES string of the molecule is CCOC(OCC)c1cc(N(CC)CC)c(C)o1. The lowest BCUT2D eigenvalue weighted by Crippen LogP contribution is -2.21. The fraction of sp³-hybridized carbons (Fsp3) is 0.714. The molecule has 1 aromatic rings. The van der Waals surface area contributed by atoms with Crippen LogP contribution in [0.1, 0.15) is 45.5 Å². The minimum Gasteiger partial charge on any atom is -0.459 e. The number of hydrogen-bond acceptors (Lipinski definition) is 4. The molecule has 0 saturated carbocycles. The number of ether oxygens (including phenoxy) is 2. The Labute approximate surface area is 110 Å². The van der Waals surface area contributed by atoms with E-state index in [1.54, 1.807) is 0 Å². The molecule has 0 N–H and O–H groups in total. The van der Waals surface area contributed by atoms with E-state index in [9.17, 15) is 0 Å². The van der Waals surface area contributed by atoms with Crippen LogP contribution in [0.25, 0.3) is 0 Å². The molecule has 0 aliphatic carbocycles. The van der Waals surface area contributed by atoms with Gasteiger partial charge >= 0.3 is 0 Å². The Morgan fingerprint density at radius 1 is 1.11 bits per heavy atom. The molecule has 1 rings (SSSR count). The summed E-state index contributed by atoms with van der Waals surface area (Å²) >= 11 is 0. The van der Waals surface area contributed by atoms with Crippen LogP contribution in [0.3, 0.4) is 0 Å². The summed E-state index contributed by atoms with van der Waals surface area (Å²) in [6.07, 6.45) is -0.400. The highest BCUT2D eigenvalue weighted by Gasteiger charge is 2.20. The number of hydrogen-bond donors (Lipinski definition) is 0. The van der Waals surface area contributed by atoms with Crippen LogP contribution in [0.4, 0.5) is 5.69 Å². The van der Waals surface area contributed by atoms with E-state index in [0.717, 1.165) is 30.3 Å². The van der Waals surface area contributed by atoms with Crippen LogP contribution < -0.4 is 4.90 Å². The Hall–Kier alpha value is -1.00. The van der Waals surface area contributed by atoms with Crippen molar-refractivity contribution in [2.24, 2.45) is 0 Å². The first kappa shape index (κ1) is 15.1. The summed E-state index contributed by atoms with van der Waals surface area (Å²) in [5.41, 5.74) is 1.12. The van der Waals surface area contributed by atoms with Crippen molar-refractivity contribution < 1.29 is 13.9 Å². The van der Waals surface area contributed by atoms with Crippen molar-refractivity contribution in [1.82, 2.24) is 0 Å². The zero-order valence-corrected chi connectivity index (χ0v) is 12.2. The van der Waals surface area contributed by atoms with E-state index in [1.165, 1.54) is 0 Å². The van der Waals surface area contributed by atoms with E-state index in [4.69, 9.17) is 13.9 Å². The highest BCUT2D eigenvalue weighted by molar-refractivity contribution is 5.50. The first-order valence-corrected chi connectivity index (χ1v) is 6.76. The fourth-order valence-electron chi connectivity index (χ4n) is 2.00. The van der Waals surface area contributed by atoms with E-state index in [2.05, 4.69) is 18.7 Å². The second kappa shape index (κ2) is 7.44. The maximum absolute atomic E-state index is 5.77. The van der Waals surface area contributed by atoms with Gasteiger partial charge in [-0.1, -0.05) is 0 Å². The molecule has 4 heteroatoms. The zero-order valence-electron chi connectivity index (χ0n) is 12.2. The van der Waals surface area contributed by atoms with Crippen molar-refractivity contribution in [3.63, 3.8) is 0 Å².